The Labute approximate surface area is 410 Å². The maximum Gasteiger partial charge on any atom is 0.329 e. The number of carbonyl (C=O) groups is 5. The van der Waals surface area contributed by atoms with Crippen molar-refractivity contribution < 1.29 is 57.9 Å². The predicted molar refractivity (Wildman–Crippen MR) is 265 cm³/mol. The minimum absolute atomic E-state index is 0.0289. The Bertz CT molecular complexity index is 1780. The number of ether oxygens (including phenoxy) is 5. The first-order chi connectivity index (χ1) is 31.3. The average Bonchev–Trinajstić information content (AvgIpc) is 3.30. The lowest BCUT2D eigenvalue weighted by Crippen LogP contribution is -2.61. The molecule has 0 aromatic carbocycles. The number of nitrogens with zero attached hydrogens (tertiary/aromatic N) is 1. The van der Waals surface area contributed by atoms with Gasteiger partial charge in [0.1, 0.15) is 30.1 Å². The molecule has 0 spiro atoms. The predicted octanol–water partition coefficient (Wildman–Crippen LogP) is 8.27. The number of allylic oxidation sites excluding steroid dienone is 6. The van der Waals surface area contributed by atoms with Gasteiger partial charge in [0.25, 0.3) is 11.7 Å². The van der Waals surface area contributed by atoms with E-state index in [0.29, 0.717) is 55.8 Å². The third kappa shape index (κ3) is 14.9. The van der Waals surface area contributed by atoms with Crippen molar-refractivity contribution in [3.8, 4) is 0 Å². The van der Waals surface area contributed by atoms with Gasteiger partial charge in [-0.2, -0.15) is 0 Å². The second-order valence-electron chi connectivity index (χ2n) is 19.7. The molecule has 2 bridgehead atoms. The highest BCUT2D eigenvalue weighted by Gasteiger charge is 2.53. The topological polar surface area (TPSA) is 175 Å². The molecule has 3 aliphatic heterocycles. The maximum absolute atomic E-state index is 14.4. The quantitative estimate of drug-likeness (QED) is 0.108. The van der Waals surface area contributed by atoms with Gasteiger partial charge in [-0.15, -0.1) is 0 Å². The van der Waals surface area contributed by atoms with Gasteiger partial charge in [0.2, 0.25) is 5.79 Å². The van der Waals surface area contributed by atoms with Gasteiger partial charge in [0.15, 0.2) is 5.78 Å². The largest absolute Gasteiger partial charge is 0.460 e. The second-order valence-corrected chi connectivity index (χ2v) is 22.0. The zero-order valence-electron chi connectivity index (χ0n) is 40.9. The number of aliphatic hydroxyl groups excluding tert-OH is 1. The number of fused-ring (bicyclic) bond motifs is 3. The molecule has 1 aliphatic carbocycles. The lowest BCUT2D eigenvalue weighted by atomic mass is 9.79. The van der Waals surface area contributed by atoms with Crippen molar-refractivity contribution in [3.63, 3.8) is 0 Å². The van der Waals surface area contributed by atoms with E-state index < -0.39 is 77.8 Å². The monoisotopic (exact) mass is 1060 g/mol. The van der Waals surface area contributed by atoms with E-state index in [1.807, 2.05) is 58.1 Å². The molecule has 15 heteroatoms. The summed E-state index contributed by atoms with van der Waals surface area (Å²) in [5.74, 6) is -7.53. The first kappa shape index (κ1) is 56.3. The number of cyclic esters (lactones) is 1. The van der Waals surface area contributed by atoms with Crippen LogP contribution in [-0.2, 0) is 47.7 Å². The second kappa shape index (κ2) is 26.7. The standard InChI is InChI=1S/C51H78INO12S/c1-30-16-12-11-13-17-31(2)41(61-8)28-38-21-19-36(7)51(60,65-38)48(57)49(58)53-23-15-14-18-39(53)50(59)64-42(33(4)26-37-20-22-44(66-52)43(27-37)62-9)29-40(54)32(3)25-35(6)46(56)47(63-10)45(55)34(5)24-30/h11-13,16-17,25,30,32-34,36-39,41-44,46-47,56,60H,14-15,18-24,26-29H2,1-10H3/b13-11+,16-12+,31-17+,35-25+/t30-,32-,33-,34-,36-,37+,38?,39?,41+,42+,43-,44-,46-,47+,51-/m1/s1. The molecule has 372 valence electrons. The molecule has 3 heterocycles. The number of hydrogen-bond donors (Lipinski definition) is 2. The van der Waals surface area contributed by atoms with E-state index in [1.54, 1.807) is 50.0 Å². The molecule has 1 saturated carbocycles. The summed E-state index contributed by atoms with van der Waals surface area (Å²) in [6.45, 7) is 12.9. The van der Waals surface area contributed by atoms with E-state index in [1.165, 1.54) is 12.0 Å². The number of aliphatic hydroxyl groups is 2. The van der Waals surface area contributed by atoms with Gasteiger partial charge >= 0.3 is 5.97 Å². The normalized spacial score (nSPS) is 40.0. The van der Waals surface area contributed by atoms with Gasteiger partial charge in [-0.25, -0.2) is 4.79 Å². The summed E-state index contributed by atoms with van der Waals surface area (Å²) in [5, 5.41) is 23.8. The molecular weight excluding hydrogens is 978 g/mol. The Morgan fingerprint density at radius 2 is 1.62 bits per heavy atom. The highest BCUT2D eigenvalue weighted by Crippen LogP contribution is 2.41. The molecule has 2 unspecified atom stereocenters. The van der Waals surface area contributed by atoms with Crippen LogP contribution in [0.1, 0.15) is 126 Å². The summed E-state index contributed by atoms with van der Waals surface area (Å²) >= 11 is 2.32. The van der Waals surface area contributed by atoms with Gasteiger partial charge in [-0.3, -0.25) is 19.2 Å². The van der Waals surface area contributed by atoms with Crippen LogP contribution in [0.2, 0.25) is 0 Å². The van der Waals surface area contributed by atoms with Crippen LogP contribution in [0.5, 0.6) is 0 Å². The Morgan fingerprint density at radius 1 is 0.894 bits per heavy atom. The third-order valence-electron chi connectivity index (χ3n) is 14.6. The van der Waals surface area contributed by atoms with Crippen molar-refractivity contribution in [1.82, 2.24) is 4.90 Å². The molecule has 66 heavy (non-hydrogen) atoms. The Kier molecular flexibility index (Phi) is 22.8. The number of ketones is 3. The van der Waals surface area contributed by atoms with Crippen LogP contribution in [0.15, 0.2) is 47.6 Å². The number of rotatable bonds is 7. The van der Waals surface area contributed by atoms with Gasteiger partial charge in [-0.05, 0) is 128 Å². The van der Waals surface area contributed by atoms with Crippen molar-refractivity contribution in [2.24, 2.45) is 35.5 Å². The van der Waals surface area contributed by atoms with E-state index in [2.05, 4.69) is 21.2 Å². The number of hydrogen-bond acceptors (Lipinski definition) is 13. The fourth-order valence-corrected chi connectivity index (χ4v) is 12.5. The van der Waals surface area contributed by atoms with Gasteiger partial charge in [0, 0.05) is 63.7 Å². The lowest BCUT2D eigenvalue weighted by molar-refractivity contribution is -0.265. The van der Waals surface area contributed by atoms with E-state index in [-0.39, 0.29) is 54.8 Å². The first-order valence-corrected chi connectivity index (χ1v) is 27.5. The average molecular weight is 1060 g/mol. The number of halogens is 1. The van der Waals surface area contributed by atoms with Crippen LogP contribution in [0.25, 0.3) is 0 Å². The number of methoxy groups -OCH3 is 3. The number of esters is 1. The molecule has 2 N–H and O–H groups in total. The Morgan fingerprint density at radius 3 is 2.29 bits per heavy atom. The fraction of sp³-hybridized carbons (Fsp3) is 0.745. The highest BCUT2D eigenvalue weighted by atomic mass is 127. The smallest absolute Gasteiger partial charge is 0.329 e. The van der Waals surface area contributed by atoms with E-state index in [9.17, 15) is 34.2 Å². The summed E-state index contributed by atoms with van der Waals surface area (Å²) in [7, 11) is 6.47. The van der Waals surface area contributed by atoms with E-state index in [4.69, 9.17) is 23.7 Å². The molecule has 1 amide bonds. The van der Waals surface area contributed by atoms with Crippen molar-refractivity contribution in [1.29, 1.82) is 0 Å². The number of piperidine rings is 1. The molecule has 4 aliphatic rings. The summed E-state index contributed by atoms with van der Waals surface area (Å²) in [6, 6.07) is -1.11. The van der Waals surface area contributed by atoms with Crippen molar-refractivity contribution in [2.45, 2.75) is 179 Å². The molecule has 0 aromatic rings. The molecule has 4 rings (SSSR count). The summed E-state index contributed by atoms with van der Waals surface area (Å²) in [5.41, 5.74) is 1.30. The number of carbonyl (C=O) groups excluding carboxylic acids is 5. The molecular formula is C51H78INO12S. The lowest BCUT2D eigenvalue weighted by Gasteiger charge is -2.42. The molecule has 0 aromatic heterocycles. The van der Waals surface area contributed by atoms with E-state index >= 15 is 0 Å². The van der Waals surface area contributed by atoms with Crippen LogP contribution in [-0.4, -0.2) is 126 Å². The van der Waals surface area contributed by atoms with Crippen LogP contribution in [0.4, 0.5) is 0 Å². The van der Waals surface area contributed by atoms with Crippen LogP contribution < -0.4 is 0 Å². The van der Waals surface area contributed by atoms with E-state index in [0.717, 1.165) is 24.8 Å². The minimum atomic E-state index is -2.41. The maximum atomic E-state index is 14.4. The van der Waals surface area contributed by atoms with Crippen molar-refractivity contribution in [3.05, 3.63) is 47.6 Å². The third-order valence-corrected chi connectivity index (χ3v) is 17.3. The van der Waals surface area contributed by atoms with Gasteiger partial charge in [-0.1, -0.05) is 80.0 Å². The van der Waals surface area contributed by atoms with Crippen LogP contribution in [0.3, 0.4) is 0 Å². The zero-order chi connectivity index (χ0) is 48.9. The molecule has 13 nitrogen and oxygen atoms in total. The molecule has 0 radical (unpaired) electrons. The molecule has 2 saturated heterocycles. The Balaban J connectivity index is 1.70. The summed E-state index contributed by atoms with van der Waals surface area (Å²) in [6.07, 6.45) is 13.5. The van der Waals surface area contributed by atoms with Gasteiger partial charge < -0.3 is 38.8 Å². The highest BCUT2D eigenvalue weighted by molar-refractivity contribution is 14.2. The molecule has 3 fully saturated rings. The van der Waals surface area contributed by atoms with Crippen molar-refractivity contribution in [2.75, 3.05) is 27.9 Å². The number of Topliss-reactive ketones (excluding diaryl/α,β-unsaturated/α-hetero) is 3. The summed E-state index contributed by atoms with van der Waals surface area (Å²) < 4.78 is 29.8. The fourth-order valence-electron chi connectivity index (χ4n) is 10.2. The summed E-state index contributed by atoms with van der Waals surface area (Å²) in [4.78, 5) is 72.0. The van der Waals surface area contributed by atoms with Gasteiger partial charge in [0.05, 0.1) is 18.3 Å². The Hall–Kier alpha value is -2.25. The SMILES string of the molecule is CO[C@H]1CC2CC[C@@H](C)[C@@](O)(O2)C(=O)C(=O)N2CCCCC2C(=O)O[C@H]([C@H](C)C[C@@H]2CC[C@@H](SI)[C@H](OC)C2)CC(=O)[C@H](C)/C=C(\C)[C@@H](O)[C@@H](OC)C(=O)[C@H](C)C[C@H](C)/C=C/C=C/C=C/1C. The molecule has 15 atom stereocenters. The zero-order valence-corrected chi connectivity index (χ0v) is 43.9. The first-order valence-electron chi connectivity index (χ1n) is 24.1. The van der Waals surface area contributed by atoms with Crippen LogP contribution in [0, 0.1) is 35.5 Å². The van der Waals surface area contributed by atoms with Crippen LogP contribution >= 0.6 is 30.1 Å². The van der Waals surface area contributed by atoms with Crippen molar-refractivity contribution >= 4 is 59.4 Å². The number of amides is 1. The minimum Gasteiger partial charge on any atom is -0.460 e.